The van der Waals surface area contributed by atoms with Crippen molar-refractivity contribution < 1.29 is 4.84 Å². The molecule has 12 heavy (non-hydrogen) atoms. The van der Waals surface area contributed by atoms with Gasteiger partial charge in [0, 0.05) is 0 Å². The van der Waals surface area contributed by atoms with Crippen LogP contribution in [0.2, 0.25) is 0 Å². The van der Waals surface area contributed by atoms with E-state index in [1.807, 2.05) is 0 Å². The molecule has 0 radical (unpaired) electrons. The number of hydrogen-bond donors (Lipinski definition) is 1. The van der Waals surface area contributed by atoms with Gasteiger partial charge in [-0.1, -0.05) is 12.1 Å². The molecule has 0 atom stereocenters. The van der Waals surface area contributed by atoms with Crippen LogP contribution in [0.4, 0.5) is 11.4 Å². The molecule has 0 aromatic heterocycles. The van der Waals surface area contributed by atoms with Crippen LogP contribution >= 0.6 is 0 Å². The van der Waals surface area contributed by atoms with Gasteiger partial charge in [-0.05, 0) is 18.6 Å². The molecule has 0 unspecified atom stereocenters. The highest BCUT2D eigenvalue weighted by atomic mass is 16.9. The van der Waals surface area contributed by atoms with Crippen molar-refractivity contribution >= 4 is 11.4 Å². The van der Waals surface area contributed by atoms with E-state index in [1.165, 1.54) is 7.11 Å². The number of para-hydroxylation sites is 1. The monoisotopic (exact) mass is 167 g/mol. The van der Waals surface area contributed by atoms with Crippen LogP contribution in [-0.2, 0) is 4.84 Å². The maximum Gasteiger partial charge on any atom is 0.0770 e. The van der Waals surface area contributed by atoms with E-state index >= 15 is 0 Å². The first kappa shape index (κ1) is 8.83. The molecule has 0 saturated heterocycles. The van der Waals surface area contributed by atoms with E-state index in [-0.39, 0.29) is 0 Å². The van der Waals surface area contributed by atoms with E-state index in [1.54, 1.807) is 25.1 Å². The third-order valence-corrected chi connectivity index (χ3v) is 1.62. The summed E-state index contributed by atoms with van der Waals surface area (Å²) in [4.78, 5) is 4.50. The van der Waals surface area contributed by atoms with Crippen LogP contribution in [0.3, 0.4) is 0 Å². The van der Waals surface area contributed by atoms with E-state index < -0.39 is 0 Å². The second-order valence-electron chi connectivity index (χ2n) is 2.45. The second-order valence-corrected chi connectivity index (χ2v) is 2.45. The van der Waals surface area contributed by atoms with Crippen molar-refractivity contribution in [3.05, 3.63) is 29.0 Å². The molecule has 0 bridgehead atoms. The Bertz CT molecular complexity index is 256. The fraction of sp³-hybridized carbons (Fsp3) is 0.250. The van der Waals surface area contributed by atoms with Crippen molar-refractivity contribution in [1.29, 1.82) is 0 Å². The third-order valence-electron chi connectivity index (χ3n) is 1.62. The number of nitrogens with two attached hydrogens (primary N) is 1. The normalized spacial score (nSPS) is 9.92. The number of nitrogen functional groups attached to an aromatic ring is 1. The molecule has 0 aliphatic heterocycles. The Kier molecular flexibility index (Phi) is 2.52. The van der Waals surface area contributed by atoms with Crippen LogP contribution in [0.5, 0.6) is 0 Å². The van der Waals surface area contributed by atoms with Crippen LogP contribution < -0.4 is 11.0 Å². The molecule has 1 rings (SSSR count). The van der Waals surface area contributed by atoms with Crippen LogP contribution in [0, 0.1) is 12.1 Å². The van der Waals surface area contributed by atoms with Crippen LogP contribution in [0.15, 0.2) is 18.2 Å². The molecule has 4 heteroatoms. The summed E-state index contributed by atoms with van der Waals surface area (Å²) in [7, 11) is 1.30. The fourth-order valence-corrected chi connectivity index (χ4v) is 1.02. The van der Waals surface area contributed by atoms with Gasteiger partial charge >= 0.3 is 0 Å². The summed E-state index contributed by atoms with van der Waals surface area (Å²) in [6.45, 7) is 1.80. The maximum absolute atomic E-state index is 11.1. The van der Waals surface area contributed by atoms with Gasteiger partial charge in [-0.15, -0.1) is 0 Å². The summed E-state index contributed by atoms with van der Waals surface area (Å²) < 4.78 is 0. The molecule has 4 nitrogen and oxygen atoms in total. The lowest BCUT2D eigenvalue weighted by Crippen LogP contribution is -2.15. The van der Waals surface area contributed by atoms with Gasteiger partial charge in [0.1, 0.15) is 0 Å². The molecule has 1 aromatic rings. The predicted molar refractivity (Wildman–Crippen MR) is 48.4 cm³/mol. The van der Waals surface area contributed by atoms with Gasteiger partial charge in [-0.3, -0.25) is 4.84 Å². The topological polar surface area (TPSA) is 61.5 Å². The molecule has 1 aromatic carbocycles. The molecule has 0 saturated carbocycles. The average molecular weight is 167 g/mol. The molecule has 0 spiro atoms. The Labute approximate surface area is 71.1 Å². The quantitative estimate of drug-likeness (QED) is 0.534. The number of hydrogen-bond acceptors (Lipinski definition) is 4. The predicted octanol–water partition coefficient (Wildman–Crippen LogP) is 1.44. The first-order valence-electron chi connectivity index (χ1n) is 3.53. The molecule has 0 fully saturated rings. The van der Waals surface area contributed by atoms with Crippen molar-refractivity contribution in [3.63, 3.8) is 0 Å². The van der Waals surface area contributed by atoms with Crippen LogP contribution in [0.1, 0.15) is 5.56 Å². The maximum atomic E-state index is 11.1. The lowest BCUT2D eigenvalue weighted by atomic mass is 10.2. The summed E-state index contributed by atoms with van der Waals surface area (Å²) in [6.07, 6.45) is 0. The molecule has 0 amide bonds. The van der Waals surface area contributed by atoms with Gasteiger partial charge in [-0.25, -0.2) is 0 Å². The zero-order valence-electron chi connectivity index (χ0n) is 7.07. The van der Waals surface area contributed by atoms with Gasteiger partial charge in [-0.2, -0.15) is 0 Å². The third kappa shape index (κ3) is 1.49. The lowest BCUT2D eigenvalue weighted by molar-refractivity contribution is 0.198. The first-order chi connectivity index (χ1) is 5.66. The van der Waals surface area contributed by atoms with Gasteiger partial charge in [0.2, 0.25) is 0 Å². The Hall–Kier alpha value is -1.26. The fourth-order valence-electron chi connectivity index (χ4n) is 1.02. The van der Waals surface area contributed by atoms with E-state index in [0.29, 0.717) is 16.6 Å². The van der Waals surface area contributed by atoms with Crippen molar-refractivity contribution in [2.45, 2.75) is 6.92 Å². The lowest BCUT2D eigenvalue weighted by Gasteiger charge is -2.29. The minimum Gasteiger partial charge on any atom is -0.733 e. The number of benzene rings is 1. The van der Waals surface area contributed by atoms with Crippen molar-refractivity contribution in [1.82, 2.24) is 0 Å². The largest absolute Gasteiger partial charge is 0.733 e. The van der Waals surface area contributed by atoms with Gasteiger partial charge in [0.05, 0.1) is 18.5 Å². The molecule has 0 aliphatic rings. The van der Waals surface area contributed by atoms with E-state index in [0.717, 1.165) is 5.56 Å². The highest BCUT2D eigenvalue weighted by Gasteiger charge is 2.02. The smallest absolute Gasteiger partial charge is 0.0770 e. The molecule has 2 N–H and O–H groups in total. The van der Waals surface area contributed by atoms with E-state index in [4.69, 9.17) is 5.73 Å². The van der Waals surface area contributed by atoms with Gasteiger partial charge in [0.25, 0.3) is 0 Å². The Balaban J connectivity index is 3.12. The Morgan fingerprint density at radius 2 is 2.17 bits per heavy atom. The van der Waals surface area contributed by atoms with Crippen molar-refractivity contribution in [3.8, 4) is 0 Å². The van der Waals surface area contributed by atoms with Crippen LogP contribution in [-0.4, -0.2) is 7.11 Å². The summed E-state index contributed by atoms with van der Waals surface area (Å²) in [5.74, 6) is 0. The number of aryl methyl sites for hydroxylation is 1. The molecular formula is C8H11N2O2-. The minimum atomic E-state index is 0.375. The van der Waals surface area contributed by atoms with Crippen LogP contribution in [0.25, 0.3) is 0 Å². The zero-order chi connectivity index (χ0) is 9.14. The second kappa shape index (κ2) is 3.42. The highest BCUT2D eigenvalue weighted by Crippen LogP contribution is 2.26. The first-order valence-corrected chi connectivity index (χ1v) is 3.53. The van der Waals surface area contributed by atoms with E-state index in [9.17, 15) is 5.21 Å². The minimum absolute atomic E-state index is 0.375. The standard InChI is InChI=1S/C8H11N2O2/c1-6-4-3-5-7(9)8(6)10(11)12-2/h3-5H,9H2,1-2H3/q-1. The highest BCUT2D eigenvalue weighted by molar-refractivity contribution is 5.70. The van der Waals surface area contributed by atoms with Gasteiger partial charge in [0.15, 0.2) is 0 Å². The van der Waals surface area contributed by atoms with E-state index in [2.05, 4.69) is 4.84 Å². The Morgan fingerprint density at radius 1 is 1.50 bits per heavy atom. The summed E-state index contributed by atoms with van der Waals surface area (Å²) in [6, 6.07) is 5.25. The summed E-state index contributed by atoms with van der Waals surface area (Å²) in [5, 5.41) is 11.5. The number of anilines is 2. The molecule has 66 valence electrons. The Morgan fingerprint density at radius 3 is 2.67 bits per heavy atom. The van der Waals surface area contributed by atoms with Gasteiger partial charge < -0.3 is 16.2 Å². The molecule has 0 aliphatic carbocycles. The SMILES string of the molecule is CON([O-])c1c(C)cccc1N. The van der Waals surface area contributed by atoms with Crippen molar-refractivity contribution in [2.24, 2.45) is 0 Å². The number of rotatable bonds is 2. The summed E-state index contributed by atoms with van der Waals surface area (Å²) >= 11 is 0. The summed E-state index contributed by atoms with van der Waals surface area (Å²) in [5.41, 5.74) is 7.17. The number of nitrogens with zero attached hydrogens (tertiary/aromatic N) is 1. The molecule has 0 heterocycles. The molecular weight excluding hydrogens is 156 g/mol. The zero-order valence-corrected chi connectivity index (χ0v) is 7.07. The van der Waals surface area contributed by atoms with Crippen molar-refractivity contribution in [2.75, 3.05) is 18.1 Å². The average Bonchev–Trinajstić information content (AvgIpc) is 2.03.